The molecule has 27 heteroatoms. The Morgan fingerprint density at radius 1 is 0.297 bits per heavy atom. The molecule has 0 heterocycles. The zero-order chi connectivity index (χ0) is 51.3. The highest BCUT2D eigenvalue weighted by Crippen LogP contribution is 2.36. The maximum atomic E-state index is 10.5. The third-order valence-electron chi connectivity index (χ3n) is 9.59. The summed E-state index contributed by atoms with van der Waals surface area (Å²) in [6.07, 6.45) is 0.945. The quantitative estimate of drug-likeness (QED) is 0.0646. The summed E-state index contributed by atoms with van der Waals surface area (Å²) < 4.78 is 75.8. The van der Waals surface area contributed by atoms with Gasteiger partial charge in [0.15, 0.2) is 58.9 Å². The molecule has 0 spiro atoms. The average Bonchev–Trinajstić information content (AvgIpc) is 2.87. The van der Waals surface area contributed by atoms with Gasteiger partial charge in [0.1, 0.15) is 0 Å². The monoisotopic (exact) mass is 1160 g/mol. The lowest BCUT2D eigenvalue weighted by Gasteiger charge is -2.45. The Labute approximate surface area is 413 Å². The van der Waals surface area contributed by atoms with Crippen molar-refractivity contribution in [2.45, 2.75) is 239 Å². The first-order valence-electron chi connectivity index (χ1n) is 23.8. The molecule has 0 aromatic rings. The molecular formula is C37H105O12Si15. The average molecular weight is 1160 g/mol. The third-order valence-corrected chi connectivity index (χ3v) is 63.4. The van der Waals surface area contributed by atoms with E-state index in [9.17, 15) is 4.80 Å². The van der Waals surface area contributed by atoms with E-state index in [0.717, 1.165) is 42.7 Å². The second-order valence-electron chi connectivity index (χ2n) is 25.8. The zero-order valence-corrected chi connectivity index (χ0v) is 62.4. The topological polar surface area (TPSA) is 122 Å². The summed E-state index contributed by atoms with van der Waals surface area (Å²) in [7, 11) is -33.7. The Balaban J connectivity index is 6.43. The summed E-state index contributed by atoms with van der Waals surface area (Å²) in [5.74, 6) is 0. The summed E-state index contributed by atoms with van der Waals surface area (Å²) in [5.41, 5.74) is 0. The van der Waals surface area contributed by atoms with Crippen molar-refractivity contribution in [3.63, 3.8) is 0 Å². The third kappa shape index (κ3) is 32.7. The summed E-state index contributed by atoms with van der Waals surface area (Å²) in [6, 6.07) is 5.80. The van der Waals surface area contributed by atoms with Crippen LogP contribution in [-0.4, -0.2) is 132 Å². The van der Waals surface area contributed by atoms with Crippen LogP contribution in [0.25, 0.3) is 0 Å². The first kappa shape index (κ1) is 66.8. The molecule has 12 nitrogen and oxygen atoms in total. The van der Waals surface area contributed by atoms with Gasteiger partial charge in [-0.25, -0.2) is 0 Å². The SMILES string of the molecule is C[Si](C)O[Si](C)(C)O[Si](C)(C)O[Si](C)(C)CCC[Si](C)(O[Si](C)(C)O[Si](C)(C)CC[Si](C)(C)O[Si](C)(C)O[Si](C)(C)C)O[Si](C)(C)O[Si](C)(C)CC[Si](C)(C)O[Si](C)(C)O[Si](C)(C)O. The van der Waals surface area contributed by atoms with Gasteiger partial charge in [-0.05, 0) is 233 Å². The highest BCUT2D eigenvalue weighted by molar-refractivity contribution is 6.93. The van der Waals surface area contributed by atoms with Crippen molar-refractivity contribution in [2.24, 2.45) is 0 Å². The Kier molecular flexibility index (Phi) is 24.8. The molecule has 0 aromatic heterocycles. The van der Waals surface area contributed by atoms with Crippen molar-refractivity contribution in [2.75, 3.05) is 0 Å². The molecule has 0 saturated heterocycles. The lowest BCUT2D eigenvalue weighted by atomic mass is 10.6. The van der Waals surface area contributed by atoms with Gasteiger partial charge in [-0.1, -0.05) is 6.42 Å². The Morgan fingerprint density at radius 2 is 0.562 bits per heavy atom. The fourth-order valence-corrected chi connectivity index (χ4v) is 82.1. The second-order valence-corrected chi connectivity index (χ2v) is 83.4. The molecule has 0 aromatic carbocycles. The first-order valence-corrected chi connectivity index (χ1v) is 67.5. The van der Waals surface area contributed by atoms with Gasteiger partial charge in [-0.2, -0.15) is 0 Å². The van der Waals surface area contributed by atoms with E-state index in [4.69, 9.17) is 45.3 Å². The fourth-order valence-electron chi connectivity index (χ4n) is 9.33. The van der Waals surface area contributed by atoms with E-state index in [-0.39, 0.29) is 0 Å². The molecule has 1 N–H and O–H groups in total. The molecule has 0 aliphatic carbocycles. The van der Waals surface area contributed by atoms with Crippen LogP contribution in [0.3, 0.4) is 0 Å². The maximum Gasteiger partial charge on any atom is 0.320 e. The van der Waals surface area contributed by atoms with Gasteiger partial charge < -0.3 is 50.1 Å². The molecule has 1 unspecified atom stereocenters. The molecule has 1 atom stereocenters. The molecule has 0 fully saturated rings. The smallest absolute Gasteiger partial charge is 0.320 e. The standard InChI is InChI=1S/C37H105O12Si15/c1-50(2)39-58(18,19)47-61(24,25)41-52(6,7)32-31-33-64(30,48-62(26,27)44-55(12,13)36-34-53(8,9)42-59(20,21)40-51(3,4)5)49-63(28,29)45-56(14,15)37-35-54(10,11)43-60(22,23)46-57(16,17)38/h38H,31-37H2,1-30H3. The molecule has 0 bridgehead atoms. The van der Waals surface area contributed by atoms with E-state index in [1.165, 1.54) is 0 Å². The van der Waals surface area contributed by atoms with Crippen molar-refractivity contribution < 1.29 is 50.1 Å². The number of rotatable bonds is 32. The van der Waals surface area contributed by atoms with Crippen LogP contribution < -0.4 is 0 Å². The van der Waals surface area contributed by atoms with Crippen LogP contribution in [0.2, 0.25) is 233 Å². The van der Waals surface area contributed by atoms with Crippen LogP contribution in [0.15, 0.2) is 0 Å². The van der Waals surface area contributed by atoms with Gasteiger partial charge >= 0.3 is 68.5 Å². The van der Waals surface area contributed by atoms with E-state index in [2.05, 4.69) is 183 Å². The Morgan fingerprint density at radius 3 is 0.844 bits per heavy atom. The second kappa shape index (κ2) is 23.8. The van der Waals surface area contributed by atoms with Crippen molar-refractivity contribution >= 4 is 127 Å². The van der Waals surface area contributed by atoms with Crippen LogP contribution in [-0.2, 0) is 45.3 Å². The van der Waals surface area contributed by atoms with Gasteiger partial charge in [0.2, 0.25) is 0 Å². The van der Waals surface area contributed by atoms with Crippen LogP contribution in [0.1, 0.15) is 6.42 Å². The van der Waals surface area contributed by atoms with Gasteiger partial charge in [-0.15, -0.1) is 0 Å². The predicted molar refractivity (Wildman–Crippen MR) is 310 cm³/mol. The summed E-state index contributed by atoms with van der Waals surface area (Å²) in [4.78, 5) is 10.5. The van der Waals surface area contributed by atoms with Gasteiger partial charge in [0.25, 0.3) is 0 Å². The normalized spacial score (nSPS) is 16.5. The summed E-state index contributed by atoms with van der Waals surface area (Å²) in [5, 5.41) is 0. The minimum Gasteiger partial charge on any atom is -0.437 e. The van der Waals surface area contributed by atoms with Crippen molar-refractivity contribution in [3.05, 3.63) is 0 Å². The van der Waals surface area contributed by atoms with E-state index in [0.29, 0.717) is 0 Å². The van der Waals surface area contributed by atoms with Gasteiger partial charge in [-0.3, -0.25) is 0 Å². The maximum absolute atomic E-state index is 10.5. The van der Waals surface area contributed by atoms with Crippen molar-refractivity contribution in [3.8, 4) is 0 Å². The van der Waals surface area contributed by atoms with Crippen LogP contribution in [0.5, 0.6) is 0 Å². The van der Waals surface area contributed by atoms with E-state index in [1.54, 1.807) is 0 Å². The lowest BCUT2D eigenvalue weighted by Crippen LogP contribution is -2.60. The van der Waals surface area contributed by atoms with E-state index in [1.807, 2.05) is 13.1 Å². The molecular weight excluding hydrogens is 1060 g/mol. The van der Waals surface area contributed by atoms with Gasteiger partial charge in [0, 0.05) is 0 Å². The Hall–Kier alpha value is 2.77. The molecule has 64 heavy (non-hydrogen) atoms. The van der Waals surface area contributed by atoms with Crippen molar-refractivity contribution in [1.29, 1.82) is 0 Å². The van der Waals surface area contributed by atoms with Crippen molar-refractivity contribution in [1.82, 2.24) is 0 Å². The molecule has 385 valence electrons. The minimum absolute atomic E-state index is 0.836. The van der Waals surface area contributed by atoms with Crippen LogP contribution in [0, 0.1) is 0 Å². The largest absolute Gasteiger partial charge is 0.437 e. The summed E-state index contributed by atoms with van der Waals surface area (Å²) >= 11 is 0. The molecule has 0 aliphatic rings. The predicted octanol–water partition coefficient (Wildman–Crippen LogP) is 13.6. The molecule has 0 aliphatic heterocycles. The van der Waals surface area contributed by atoms with E-state index < -0.39 is 127 Å². The number of hydrogen-bond donors (Lipinski definition) is 1. The summed E-state index contributed by atoms with van der Waals surface area (Å²) in [6.45, 7) is 66.3. The fraction of sp³-hybridized carbons (Fsp3) is 1.00. The Bertz CT molecular complexity index is 1360. The van der Waals surface area contributed by atoms with E-state index >= 15 is 0 Å². The molecule has 0 rings (SSSR count). The minimum atomic E-state index is -2.88. The van der Waals surface area contributed by atoms with Crippen LogP contribution in [0.4, 0.5) is 0 Å². The number of hydrogen-bond acceptors (Lipinski definition) is 12. The highest BCUT2D eigenvalue weighted by Gasteiger charge is 2.50. The molecule has 0 saturated carbocycles. The zero-order valence-electron chi connectivity index (χ0n) is 47.4. The van der Waals surface area contributed by atoms with Gasteiger partial charge in [0.05, 0.1) is 0 Å². The lowest BCUT2D eigenvalue weighted by molar-refractivity contribution is 0.290. The molecule has 1 radical (unpaired) electrons. The van der Waals surface area contributed by atoms with Crippen LogP contribution >= 0.6 is 0 Å². The first-order chi connectivity index (χ1) is 27.6. The molecule has 0 amide bonds. The highest BCUT2D eigenvalue weighted by atomic mass is 28.5.